The van der Waals surface area contributed by atoms with Crippen LogP contribution < -0.4 is 0 Å². The van der Waals surface area contributed by atoms with Crippen molar-refractivity contribution in [3.8, 4) is 0 Å². The standard InChI is InChI=1S/C14H14F5NO/c1-9-3-2-4-10(7-9)8-20(11-5-6-11)12(21)13(15,16)14(17,18)19/h2-4,7,11H,5-6,8H2,1H3. The number of hydrogen-bond acceptors (Lipinski definition) is 1. The lowest BCUT2D eigenvalue weighted by molar-refractivity contribution is -0.275. The lowest BCUT2D eigenvalue weighted by atomic mass is 10.1. The summed E-state index contributed by atoms with van der Waals surface area (Å²) in [4.78, 5) is 12.3. The summed E-state index contributed by atoms with van der Waals surface area (Å²) in [6.07, 6.45) is -4.97. The maximum atomic E-state index is 13.2. The largest absolute Gasteiger partial charge is 0.463 e. The first-order valence-corrected chi connectivity index (χ1v) is 6.44. The average Bonchev–Trinajstić information content (AvgIpc) is 3.18. The molecule has 0 saturated heterocycles. The summed E-state index contributed by atoms with van der Waals surface area (Å²) in [7, 11) is 0. The molecule has 21 heavy (non-hydrogen) atoms. The van der Waals surface area contributed by atoms with E-state index >= 15 is 0 Å². The van der Waals surface area contributed by atoms with Crippen LogP contribution in [0.2, 0.25) is 0 Å². The molecule has 0 heterocycles. The normalized spacial score (nSPS) is 15.9. The van der Waals surface area contributed by atoms with E-state index in [0.29, 0.717) is 23.3 Å². The Hall–Kier alpha value is -1.66. The van der Waals surface area contributed by atoms with Crippen LogP contribution in [-0.2, 0) is 11.3 Å². The molecule has 1 amide bonds. The van der Waals surface area contributed by atoms with Gasteiger partial charge in [0.1, 0.15) is 0 Å². The fourth-order valence-electron chi connectivity index (χ4n) is 2.06. The Kier molecular flexibility index (Phi) is 3.95. The van der Waals surface area contributed by atoms with E-state index in [9.17, 15) is 26.7 Å². The van der Waals surface area contributed by atoms with E-state index in [-0.39, 0.29) is 6.54 Å². The topological polar surface area (TPSA) is 20.3 Å². The molecule has 0 aromatic heterocycles. The van der Waals surface area contributed by atoms with Crippen molar-refractivity contribution in [2.45, 2.75) is 44.5 Å². The Morgan fingerprint density at radius 1 is 1.24 bits per heavy atom. The molecule has 1 fully saturated rings. The summed E-state index contributed by atoms with van der Waals surface area (Å²) in [5.74, 6) is -7.52. The zero-order valence-corrected chi connectivity index (χ0v) is 11.3. The van der Waals surface area contributed by atoms with Gasteiger partial charge < -0.3 is 4.90 Å². The zero-order chi connectivity index (χ0) is 15.8. The van der Waals surface area contributed by atoms with Crippen LogP contribution in [0.3, 0.4) is 0 Å². The van der Waals surface area contributed by atoms with Gasteiger partial charge in [-0.15, -0.1) is 0 Å². The van der Waals surface area contributed by atoms with Crippen molar-refractivity contribution in [2.24, 2.45) is 0 Å². The fourth-order valence-corrected chi connectivity index (χ4v) is 2.06. The molecule has 116 valence electrons. The van der Waals surface area contributed by atoms with Crippen molar-refractivity contribution < 1.29 is 26.7 Å². The van der Waals surface area contributed by atoms with Gasteiger partial charge in [0.2, 0.25) is 0 Å². The third-order valence-electron chi connectivity index (χ3n) is 3.31. The van der Waals surface area contributed by atoms with Crippen LogP contribution >= 0.6 is 0 Å². The maximum Gasteiger partial charge on any atom is 0.463 e. The molecule has 0 spiro atoms. The molecule has 7 heteroatoms. The first-order chi connectivity index (χ1) is 9.63. The summed E-state index contributed by atoms with van der Waals surface area (Å²) < 4.78 is 63.5. The molecule has 0 bridgehead atoms. The van der Waals surface area contributed by atoms with Gasteiger partial charge in [-0.1, -0.05) is 29.8 Å². The third kappa shape index (κ3) is 3.33. The SMILES string of the molecule is Cc1cccc(CN(C(=O)C(F)(F)C(F)(F)F)C2CC2)c1. The number of aryl methyl sites for hydroxylation is 1. The smallest absolute Gasteiger partial charge is 0.330 e. The van der Waals surface area contributed by atoms with Crippen LogP contribution in [0.1, 0.15) is 24.0 Å². The van der Waals surface area contributed by atoms with E-state index in [1.807, 2.05) is 0 Å². The number of alkyl halides is 5. The monoisotopic (exact) mass is 307 g/mol. The molecular formula is C14H14F5NO. The van der Waals surface area contributed by atoms with Crippen LogP contribution in [0.5, 0.6) is 0 Å². The molecule has 1 aromatic carbocycles. The van der Waals surface area contributed by atoms with Crippen LogP contribution in [0.15, 0.2) is 24.3 Å². The highest BCUT2D eigenvalue weighted by molar-refractivity contribution is 5.85. The second-order valence-electron chi connectivity index (χ2n) is 5.23. The van der Waals surface area contributed by atoms with Gasteiger partial charge in [-0.3, -0.25) is 4.79 Å². The molecule has 0 atom stereocenters. The first kappa shape index (κ1) is 15.7. The number of nitrogens with zero attached hydrogens (tertiary/aromatic N) is 1. The molecule has 1 aliphatic carbocycles. The van der Waals surface area contributed by atoms with Gasteiger partial charge in [0.15, 0.2) is 0 Å². The summed E-state index contributed by atoms with van der Waals surface area (Å²) in [5, 5.41) is 0. The molecule has 1 aliphatic rings. The predicted octanol–water partition coefficient (Wildman–Crippen LogP) is 3.68. The molecule has 1 saturated carbocycles. The highest BCUT2D eigenvalue weighted by Gasteiger charge is 2.65. The minimum absolute atomic E-state index is 0.239. The van der Waals surface area contributed by atoms with E-state index < -0.39 is 24.0 Å². The number of benzene rings is 1. The molecule has 1 aromatic rings. The Bertz CT molecular complexity index is 536. The van der Waals surface area contributed by atoms with E-state index in [2.05, 4.69) is 0 Å². The molecule has 2 nitrogen and oxygen atoms in total. The molecule has 0 N–H and O–H groups in total. The van der Waals surface area contributed by atoms with Crippen LogP contribution in [-0.4, -0.2) is 28.9 Å². The molecular weight excluding hydrogens is 293 g/mol. The maximum absolute atomic E-state index is 13.2. The summed E-state index contributed by atoms with van der Waals surface area (Å²) in [5.41, 5.74) is 1.38. The first-order valence-electron chi connectivity index (χ1n) is 6.44. The quantitative estimate of drug-likeness (QED) is 0.777. The number of carbonyl (C=O) groups is 1. The Labute approximate surface area is 118 Å². The number of halogens is 5. The van der Waals surface area contributed by atoms with Gasteiger partial charge in [0.25, 0.3) is 0 Å². The lowest BCUT2D eigenvalue weighted by Gasteiger charge is -2.28. The molecule has 0 unspecified atom stereocenters. The van der Waals surface area contributed by atoms with Gasteiger partial charge >= 0.3 is 18.0 Å². The van der Waals surface area contributed by atoms with Crippen LogP contribution in [0, 0.1) is 6.92 Å². The van der Waals surface area contributed by atoms with Crippen LogP contribution in [0.4, 0.5) is 22.0 Å². The zero-order valence-electron chi connectivity index (χ0n) is 11.3. The van der Waals surface area contributed by atoms with Crippen molar-refractivity contribution in [1.29, 1.82) is 0 Å². The number of carbonyl (C=O) groups excluding carboxylic acids is 1. The van der Waals surface area contributed by atoms with Gasteiger partial charge in [-0.05, 0) is 25.3 Å². The van der Waals surface area contributed by atoms with E-state index in [1.165, 1.54) is 0 Å². The van der Waals surface area contributed by atoms with Gasteiger partial charge in [-0.25, -0.2) is 0 Å². The predicted molar refractivity (Wildman–Crippen MR) is 65.8 cm³/mol. The number of hydrogen-bond donors (Lipinski definition) is 0. The molecule has 2 rings (SSSR count). The number of rotatable bonds is 4. The summed E-state index contributed by atoms with van der Waals surface area (Å²) in [6, 6.07) is 6.17. The van der Waals surface area contributed by atoms with E-state index in [0.717, 1.165) is 5.56 Å². The van der Waals surface area contributed by atoms with Crippen molar-refractivity contribution in [3.63, 3.8) is 0 Å². The minimum atomic E-state index is -5.87. The number of amides is 1. The van der Waals surface area contributed by atoms with E-state index in [1.54, 1.807) is 31.2 Å². The Morgan fingerprint density at radius 3 is 2.33 bits per heavy atom. The molecule has 0 aliphatic heterocycles. The minimum Gasteiger partial charge on any atom is -0.330 e. The van der Waals surface area contributed by atoms with Crippen LogP contribution in [0.25, 0.3) is 0 Å². The van der Waals surface area contributed by atoms with Gasteiger partial charge in [-0.2, -0.15) is 22.0 Å². The third-order valence-corrected chi connectivity index (χ3v) is 3.31. The Morgan fingerprint density at radius 2 is 1.86 bits per heavy atom. The van der Waals surface area contributed by atoms with Crippen molar-refractivity contribution in [3.05, 3.63) is 35.4 Å². The molecule has 0 radical (unpaired) electrons. The second-order valence-corrected chi connectivity index (χ2v) is 5.23. The lowest BCUT2D eigenvalue weighted by Crippen LogP contribution is -2.52. The fraction of sp³-hybridized carbons (Fsp3) is 0.500. The second kappa shape index (κ2) is 5.27. The van der Waals surface area contributed by atoms with Crippen molar-refractivity contribution in [2.75, 3.05) is 0 Å². The summed E-state index contributed by atoms with van der Waals surface area (Å²) >= 11 is 0. The van der Waals surface area contributed by atoms with Crippen molar-refractivity contribution >= 4 is 5.91 Å². The Balaban J connectivity index is 2.22. The summed E-state index contributed by atoms with van der Waals surface area (Å²) in [6.45, 7) is 1.54. The van der Waals surface area contributed by atoms with Gasteiger partial charge in [0, 0.05) is 12.6 Å². The van der Waals surface area contributed by atoms with E-state index in [4.69, 9.17) is 0 Å². The average molecular weight is 307 g/mol. The highest BCUT2D eigenvalue weighted by atomic mass is 19.4. The highest BCUT2D eigenvalue weighted by Crippen LogP contribution is 2.40. The van der Waals surface area contributed by atoms with Gasteiger partial charge in [0.05, 0.1) is 0 Å². The van der Waals surface area contributed by atoms with Crippen molar-refractivity contribution in [1.82, 2.24) is 4.90 Å².